The van der Waals surface area contributed by atoms with Gasteiger partial charge in [0.15, 0.2) is 10.1 Å². The lowest BCUT2D eigenvalue weighted by Crippen LogP contribution is -3.13. The SMILES string of the molecule is CCCCCCCCCCC[NH+]1CCCC(CC)C1.O=S(=O)([O-])C(F)(F)F. The van der Waals surface area contributed by atoms with E-state index in [9.17, 15) is 13.2 Å². The third-order valence-corrected chi connectivity index (χ3v) is 5.78. The summed E-state index contributed by atoms with van der Waals surface area (Å²) in [5.74, 6) is 1.03. The average Bonchev–Trinajstić information content (AvgIpc) is 2.59. The minimum atomic E-state index is -6.09. The van der Waals surface area contributed by atoms with Crippen LogP contribution in [0.25, 0.3) is 0 Å². The lowest BCUT2D eigenvalue weighted by Gasteiger charge is -2.29. The van der Waals surface area contributed by atoms with Gasteiger partial charge < -0.3 is 9.45 Å². The highest BCUT2D eigenvalue weighted by Gasteiger charge is 2.36. The molecule has 0 aromatic rings. The van der Waals surface area contributed by atoms with Crippen LogP contribution < -0.4 is 4.90 Å². The van der Waals surface area contributed by atoms with Gasteiger partial charge in [0, 0.05) is 5.92 Å². The molecule has 1 heterocycles. The molecule has 0 bridgehead atoms. The number of piperidine rings is 1. The smallest absolute Gasteiger partial charge is 0.485 e. The molecule has 0 aromatic heterocycles. The summed E-state index contributed by atoms with van der Waals surface area (Å²) in [6, 6.07) is 0. The first-order valence-corrected chi connectivity index (χ1v) is 11.9. The molecule has 0 aromatic carbocycles. The summed E-state index contributed by atoms with van der Waals surface area (Å²) in [5.41, 5.74) is -5.65. The van der Waals surface area contributed by atoms with Gasteiger partial charge in [0.25, 0.3) is 0 Å². The summed E-state index contributed by atoms with van der Waals surface area (Å²) in [5, 5.41) is 0. The number of quaternary nitrogens is 1. The van der Waals surface area contributed by atoms with Crippen molar-refractivity contribution in [2.24, 2.45) is 5.92 Å². The molecule has 0 amide bonds. The molecule has 1 aliphatic rings. The van der Waals surface area contributed by atoms with Crippen LogP contribution in [0.3, 0.4) is 0 Å². The molecule has 1 aliphatic heterocycles. The molecule has 2 atom stereocenters. The van der Waals surface area contributed by atoms with Crippen molar-refractivity contribution in [3.63, 3.8) is 0 Å². The summed E-state index contributed by atoms with van der Waals surface area (Å²) < 4.78 is 58.9. The maximum atomic E-state index is 10.7. The number of hydrogen-bond donors (Lipinski definition) is 1. The van der Waals surface area contributed by atoms with Crippen LogP contribution in [0.1, 0.15) is 90.9 Å². The molecule has 8 heteroatoms. The van der Waals surface area contributed by atoms with Crippen LogP contribution in [-0.2, 0) is 10.1 Å². The maximum Gasteiger partial charge on any atom is 0.485 e. The van der Waals surface area contributed by atoms with E-state index in [0.29, 0.717) is 0 Å². The van der Waals surface area contributed by atoms with E-state index >= 15 is 0 Å². The molecule has 1 N–H and O–H groups in total. The van der Waals surface area contributed by atoms with E-state index in [0.717, 1.165) is 5.92 Å². The van der Waals surface area contributed by atoms with E-state index in [1.165, 1.54) is 96.7 Å². The zero-order chi connectivity index (χ0) is 20.8. The van der Waals surface area contributed by atoms with E-state index in [2.05, 4.69) is 13.8 Å². The van der Waals surface area contributed by atoms with Gasteiger partial charge in [0.05, 0.1) is 19.6 Å². The number of alkyl halides is 3. The van der Waals surface area contributed by atoms with Crippen molar-refractivity contribution in [1.29, 1.82) is 0 Å². The van der Waals surface area contributed by atoms with Crippen LogP contribution in [0, 0.1) is 5.92 Å². The summed E-state index contributed by atoms with van der Waals surface area (Å²) in [6.45, 7) is 9.03. The summed E-state index contributed by atoms with van der Waals surface area (Å²) in [6.07, 6.45) is 17.5. The van der Waals surface area contributed by atoms with Gasteiger partial charge in [-0.1, -0.05) is 58.8 Å². The van der Waals surface area contributed by atoms with Crippen LogP contribution >= 0.6 is 0 Å². The molecular formula is C19H38F3NO3S. The molecule has 0 spiro atoms. The van der Waals surface area contributed by atoms with Crippen LogP contribution in [-0.4, -0.2) is 38.1 Å². The second-order valence-electron chi connectivity index (χ2n) is 7.60. The highest BCUT2D eigenvalue weighted by atomic mass is 32.2. The monoisotopic (exact) mass is 417 g/mol. The molecule has 1 saturated heterocycles. The van der Waals surface area contributed by atoms with Crippen LogP contribution in [0.5, 0.6) is 0 Å². The Balaban J connectivity index is 0.000000713. The van der Waals surface area contributed by atoms with E-state index < -0.39 is 15.6 Å². The van der Waals surface area contributed by atoms with E-state index in [4.69, 9.17) is 13.0 Å². The number of hydrogen-bond acceptors (Lipinski definition) is 3. The van der Waals surface area contributed by atoms with Crippen LogP contribution in [0.4, 0.5) is 13.2 Å². The van der Waals surface area contributed by atoms with Crippen molar-refractivity contribution in [2.75, 3.05) is 19.6 Å². The predicted octanol–water partition coefficient (Wildman–Crippen LogP) is 4.27. The fourth-order valence-electron chi connectivity index (χ4n) is 3.51. The summed E-state index contributed by atoms with van der Waals surface area (Å²) in [4.78, 5) is 1.90. The van der Waals surface area contributed by atoms with E-state index in [-0.39, 0.29) is 0 Å². The lowest BCUT2D eigenvalue weighted by atomic mass is 9.95. The zero-order valence-corrected chi connectivity index (χ0v) is 17.8. The number of likely N-dealkylation sites (tertiary alicyclic amines) is 1. The Hall–Kier alpha value is -0.340. The second-order valence-corrected chi connectivity index (χ2v) is 8.97. The van der Waals surface area contributed by atoms with Crippen molar-refractivity contribution in [3.05, 3.63) is 0 Å². The Bertz CT molecular complexity index is 456. The molecule has 0 radical (unpaired) electrons. The van der Waals surface area contributed by atoms with Crippen molar-refractivity contribution in [3.8, 4) is 0 Å². The summed E-state index contributed by atoms with van der Waals surface area (Å²) in [7, 11) is -6.09. The number of nitrogens with one attached hydrogen (secondary N) is 1. The Morgan fingerprint density at radius 3 is 1.89 bits per heavy atom. The third-order valence-electron chi connectivity index (χ3n) is 5.21. The molecule has 4 nitrogen and oxygen atoms in total. The van der Waals surface area contributed by atoms with Gasteiger partial charge in [-0.2, -0.15) is 13.2 Å². The zero-order valence-electron chi connectivity index (χ0n) is 17.0. The standard InChI is InChI=1S/C18H37N.CHF3O3S/c1-3-5-6-7-8-9-10-11-12-15-19-16-13-14-18(4-2)17-19;2-1(3,4)8(5,6)7/h18H,3-17H2,1-2H3;(H,5,6,7). The molecular weight excluding hydrogens is 379 g/mol. The van der Waals surface area contributed by atoms with Gasteiger partial charge in [-0.15, -0.1) is 0 Å². The highest BCUT2D eigenvalue weighted by molar-refractivity contribution is 7.86. The Morgan fingerprint density at radius 2 is 1.44 bits per heavy atom. The quantitative estimate of drug-likeness (QED) is 0.310. The van der Waals surface area contributed by atoms with E-state index in [1.54, 1.807) is 0 Å². The van der Waals surface area contributed by atoms with Crippen LogP contribution in [0.15, 0.2) is 0 Å². The molecule has 27 heavy (non-hydrogen) atoms. The Morgan fingerprint density at radius 1 is 0.963 bits per heavy atom. The fourth-order valence-corrected chi connectivity index (χ4v) is 3.51. The van der Waals surface area contributed by atoms with Gasteiger partial charge in [-0.3, -0.25) is 0 Å². The average molecular weight is 418 g/mol. The van der Waals surface area contributed by atoms with Crippen molar-refractivity contribution >= 4 is 10.1 Å². The fraction of sp³-hybridized carbons (Fsp3) is 1.00. The first-order chi connectivity index (χ1) is 12.6. The Kier molecular flexibility index (Phi) is 14.4. The molecule has 164 valence electrons. The van der Waals surface area contributed by atoms with Gasteiger partial charge >= 0.3 is 5.51 Å². The van der Waals surface area contributed by atoms with Gasteiger partial charge in [0.1, 0.15) is 0 Å². The van der Waals surface area contributed by atoms with Crippen molar-refractivity contribution < 1.29 is 31.0 Å². The normalized spacial score (nSPS) is 20.8. The lowest BCUT2D eigenvalue weighted by molar-refractivity contribution is -0.909. The third kappa shape index (κ3) is 14.3. The van der Waals surface area contributed by atoms with E-state index in [1.807, 2.05) is 4.90 Å². The molecule has 1 rings (SSSR count). The van der Waals surface area contributed by atoms with Crippen molar-refractivity contribution in [2.45, 2.75) is 96.4 Å². The predicted molar refractivity (Wildman–Crippen MR) is 102 cm³/mol. The molecule has 0 saturated carbocycles. The molecule has 2 unspecified atom stereocenters. The summed E-state index contributed by atoms with van der Waals surface area (Å²) >= 11 is 0. The second kappa shape index (κ2) is 14.6. The van der Waals surface area contributed by atoms with Gasteiger partial charge in [-0.25, -0.2) is 8.42 Å². The van der Waals surface area contributed by atoms with Gasteiger partial charge in [0.2, 0.25) is 0 Å². The largest absolute Gasteiger partial charge is 0.741 e. The topological polar surface area (TPSA) is 61.6 Å². The number of unbranched alkanes of at least 4 members (excludes halogenated alkanes) is 8. The Labute approximate surface area is 163 Å². The number of rotatable bonds is 11. The van der Waals surface area contributed by atoms with Gasteiger partial charge in [-0.05, 0) is 32.1 Å². The van der Waals surface area contributed by atoms with Crippen molar-refractivity contribution in [1.82, 2.24) is 0 Å². The minimum absolute atomic E-state index is 1.03. The molecule has 1 fully saturated rings. The molecule has 0 aliphatic carbocycles. The number of halogens is 3. The maximum absolute atomic E-state index is 10.7. The van der Waals surface area contributed by atoms with Crippen LogP contribution in [0.2, 0.25) is 0 Å². The first-order valence-electron chi connectivity index (χ1n) is 10.5. The first kappa shape index (κ1) is 26.7. The minimum Gasteiger partial charge on any atom is -0.741 e. The highest BCUT2D eigenvalue weighted by Crippen LogP contribution is 2.20.